The first-order chi connectivity index (χ1) is 15.1. The number of carboxylic acids is 1. The van der Waals surface area contributed by atoms with E-state index in [-0.39, 0.29) is 37.9 Å². The summed E-state index contributed by atoms with van der Waals surface area (Å²) >= 11 is 0. The fourth-order valence-corrected chi connectivity index (χ4v) is 2.72. The summed E-state index contributed by atoms with van der Waals surface area (Å²) in [4.78, 5) is 44.3. The predicted molar refractivity (Wildman–Crippen MR) is 122 cm³/mol. The number of amides is 2. The highest BCUT2D eigenvalue weighted by atomic mass is 16.4. The number of hydrogen-bond acceptors (Lipinski definition) is 7. The molecule has 0 saturated heterocycles. The van der Waals surface area contributed by atoms with Crippen LogP contribution in [0.3, 0.4) is 0 Å². The van der Waals surface area contributed by atoms with Gasteiger partial charge in [0.15, 0.2) is 11.9 Å². The van der Waals surface area contributed by atoms with Crippen LogP contribution < -0.4 is 45.0 Å². The summed E-state index contributed by atoms with van der Waals surface area (Å²) in [5.41, 5.74) is 32.4. The summed E-state index contributed by atoms with van der Waals surface area (Å²) in [6.07, 6.45) is 2.81. The van der Waals surface area contributed by atoms with Gasteiger partial charge in [-0.3, -0.25) is 19.6 Å². The van der Waals surface area contributed by atoms with E-state index in [0.717, 1.165) is 6.42 Å². The highest BCUT2D eigenvalue weighted by Crippen LogP contribution is 2.05. The Hall–Kier alpha value is -3.13. The van der Waals surface area contributed by atoms with Crippen molar-refractivity contribution in [1.29, 1.82) is 0 Å². The third kappa shape index (κ3) is 14.0. The van der Waals surface area contributed by atoms with Gasteiger partial charge in [0.05, 0.1) is 6.04 Å². The summed E-state index contributed by atoms with van der Waals surface area (Å²) in [6.45, 7) is 0.952. The lowest BCUT2D eigenvalue weighted by molar-refractivity contribution is -0.142. The van der Waals surface area contributed by atoms with E-state index >= 15 is 0 Å². The zero-order chi connectivity index (χ0) is 24.5. The van der Waals surface area contributed by atoms with E-state index in [1.165, 1.54) is 0 Å². The van der Waals surface area contributed by atoms with Gasteiger partial charge in [0.25, 0.3) is 0 Å². The standard InChI is InChI=1S/C18H38N10O4/c19-8-2-1-5-11(20)14(29)27-12(6-3-9-25-17(21)22)15(30)28-13(16(31)32)7-4-10-26-18(23)24/h11-13H,1-10,19-20H2,(H,27,29)(H,28,30)(H,31,32)(H4,21,22,25)(H4,23,24,26). The molecule has 14 heteroatoms. The SMILES string of the molecule is NCCCCC(N)C(=O)NC(CCCN=C(N)N)C(=O)NC(CCCN=C(N)N)C(=O)O. The molecule has 3 atom stereocenters. The van der Waals surface area contributed by atoms with Crippen molar-refractivity contribution in [1.82, 2.24) is 10.6 Å². The fourth-order valence-electron chi connectivity index (χ4n) is 2.72. The van der Waals surface area contributed by atoms with E-state index in [1.54, 1.807) is 0 Å². The van der Waals surface area contributed by atoms with Gasteiger partial charge in [0, 0.05) is 13.1 Å². The van der Waals surface area contributed by atoms with Gasteiger partial charge in [0.2, 0.25) is 11.8 Å². The second-order valence-electron chi connectivity index (χ2n) is 7.25. The molecule has 3 unspecified atom stereocenters. The number of nitrogens with zero attached hydrogens (tertiary/aromatic N) is 2. The predicted octanol–water partition coefficient (Wildman–Crippen LogP) is -3.40. The van der Waals surface area contributed by atoms with E-state index < -0.39 is 35.9 Å². The molecule has 0 heterocycles. The fraction of sp³-hybridized carbons (Fsp3) is 0.722. The third-order valence-electron chi connectivity index (χ3n) is 4.44. The number of hydrogen-bond donors (Lipinski definition) is 9. The van der Waals surface area contributed by atoms with Gasteiger partial charge in [-0.05, 0) is 45.1 Å². The van der Waals surface area contributed by atoms with Crippen molar-refractivity contribution in [3.8, 4) is 0 Å². The minimum absolute atomic E-state index is 0.0938. The molecule has 0 aliphatic rings. The van der Waals surface area contributed by atoms with Gasteiger partial charge in [-0.2, -0.15) is 0 Å². The second kappa shape index (κ2) is 16.5. The Labute approximate surface area is 187 Å². The molecule has 0 radical (unpaired) electrons. The van der Waals surface area contributed by atoms with Crippen molar-refractivity contribution < 1.29 is 19.5 Å². The zero-order valence-electron chi connectivity index (χ0n) is 18.3. The minimum atomic E-state index is -1.22. The highest BCUT2D eigenvalue weighted by molar-refractivity contribution is 5.91. The summed E-state index contributed by atoms with van der Waals surface area (Å²) in [7, 11) is 0. The quantitative estimate of drug-likeness (QED) is 0.0591. The van der Waals surface area contributed by atoms with Crippen LogP contribution in [0.5, 0.6) is 0 Å². The van der Waals surface area contributed by atoms with Crippen molar-refractivity contribution in [3.63, 3.8) is 0 Å². The number of aliphatic imine (C=N–C) groups is 2. The molecule has 15 N–H and O–H groups in total. The van der Waals surface area contributed by atoms with E-state index in [0.29, 0.717) is 32.2 Å². The van der Waals surface area contributed by atoms with Crippen LogP contribution in [0, 0.1) is 0 Å². The Morgan fingerprint density at radius 2 is 1.25 bits per heavy atom. The molecular weight excluding hydrogens is 420 g/mol. The number of nitrogens with one attached hydrogen (secondary N) is 2. The summed E-state index contributed by atoms with van der Waals surface area (Å²) in [5, 5.41) is 14.5. The largest absolute Gasteiger partial charge is 0.480 e. The summed E-state index contributed by atoms with van der Waals surface area (Å²) in [6, 6.07) is -2.99. The molecule has 0 aliphatic carbocycles. The van der Waals surface area contributed by atoms with Crippen LogP contribution in [0.15, 0.2) is 9.98 Å². The van der Waals surface area contributed by atoms with Gasteiger partial charge < -0.3 is 50.1 Å². The van der Waals surface area contributed by atoms with Crippen molar-refractivity contribution in [3.05, 3.63) is 0 Å². The van der Waals surface area contributed by atoms with E-state index in [1.807, 2.05) is 0 Å². The Morgan fingerprint density at radius 1 is 0.750 bits per heavy atom. The highest BCUT2D eigenvalue weighted by Gasteiger charge is 2.27. The van der Waals surface area contributed by atoms with Crippen molar-refractivity contribution >= 4 is 29.7 Å². The monoisotopic (exact) mass is 458 g/mol. The molecule has 0 aromatic rings. The Balaban J connectivity index is 5.07. The second-order valence-corrected chi connectivity index (χ2v) is 7.25. The third-order valence-corrected chi connectivity index (χ3v) is 4.44. The number of carbonyl (C=O) groups is 3. The normalized spacial score (nSPS) is 13.3. The van der Waals surface area contributed by atoms with Gasteiger partial charge in [-0.15, -0.1) is 0 Å². The van der Waals surface area contributed by atoms with Gasteiger partial charge in [-0.1, -0.05) is 6.42 Å². The maximum Gasteiger partial charge on any atom is 0.326 e. The molecule has 0 aromatic carbocycles. The molecule has 32 heavy (non-hydrogen) atoms. The topological polar surface area (TPSA) is 276 Å². The van der Waals surface area contributed by atoms with E-state index in [2.05, 4.69) is 20.6 Å². The van der Waals surface area contributed by atoms with Crippen molar-refractivity contribution in [2.45, 2.75) is 63.1 Å². The maximum absolute atomic E-state index is 12.7. The van der Waals surface area contributed by atoms with Gasteiger partial charge in [0.1, 0.15) is 12.1 Å². The van der Waals surface area contributed by atoms with Crippen LogP contribution in [-0.4, -0.2) is 72.6 Å². The Kier molecular flexibility index (Phi) is 14.9. The summed E-state index contributed by atoms with van der Waals surface area (Å²) in [5.74, 6) is -2.57. The maximum atomic E-state index is 12.7. The van der Waals surface area contributed by atoms with Crippen LogP contribution >= 0.6 is 0 Å². The van der Waals surface area contributed by atoms with Crippen molar-refractivity contribution in [2.75, 3.05) is 19.6 Å². The zero-order valence-corrected chi connectivity index (χ0v) is 18.3. The lowest BCUT2D eigenvalue weighted by Gasteiger charge is -2.23. The smallest absolute Gasteiger partial charge is 0.326 e. The van der Waals surface area contributed by atoms with Crippen LogP contribution in [0.4, 0.5) is 0 Å². The van der Waals surface area contributed by atoms with E-state index in [9.17, 15) is 19.5 Å². The summed E-state index contributed by atoms with van der Waals surface area (Å²) < 4.78 is 0. The molecule has 2 amide bonds. The van der Waals surface area contributed by atoms with Gasteiger partial charge in [-0.25, -0.2) is 4.79 Å². The average Bonchev–Trinajstić information content (AvgIpc) is 2.71. The van der Waals surface area contributed by atoms with Crippen molar-refractivity contribution in [2.24, 2.45) is 44.4 Å². The molecule has 0 spiro atoms. The first-order valence-electron chi connectivity index (χ1n) is 10.5. The number of guanidine groups is 2. The minimum Gasteiger partial charge on any atom is -0.480 e. The number of carbonyl (C=O) groups excluding carboxylic acids is 2. The van der Waals surface area contributed by atoms with Crippen LogP contribution in [0.25, 0.3) is 0 Å². The molecule has 0 bridgehead atoms. The lowest BCUT2D eigenvalue weighted by Crippen LogP contribution is -2.54. The number of rotatable bonds is 17. The number of unbranched alkanes of at least 4 members (excludes halogenated alkanes) is 1. The van der Waals surface area contributed by atoms with E-state index in [4.69, 9.17) is 34.4 Å². The lowest BCUT2D eigenvalue weighted by atomic mass is 10.1. The molecule has 0 saturated carbocycles. The van der Waals surface area contributed by atoms with Crippen LogP contribution in [0.1, 0.15) is 44.9 Å². The molecule has 0 rings (SSSR count). The average molecular weight is 459 g/mol. The number of aliphatic carboxylic acids is 1. The molecule has 0 aliphatic heterocycles. The molecule has 0 aromatic heterocycles. The van der Waals surface area contributed by atoms with Crippen LogP contribution in [0.2, 0.25) is 0 Å². The van der Waals surface area contributed by atoms with Crippen LogP contribution in [-0.2, 0) is 14.4 Å². The Bertz CT molecular complexity index is 648. The molecule has 184 valence electrons. The number of carboxylic acid groups (broad SMARTS) is 1. The first kappa shape index (κ1) is 28.9. The number of nitrogens with two attached hydrogens (primary N) is 6. The molecule has 14 nitrogen and oxygen atoms in total. The first-order valence-corrected chi connectivity index (χ1v) is 10.5. The Morgan fingerprint density at radius 3 is 1.72 bits per heavy atom. The van der Waals surface area contributed by atoms with Gasteiger partial charge >= 0.3 is 5.97 Å². The molecule has 0 fully saturated rings. The molecular formula is C18H38N10O4.